The van der Waals surface area contributed by atoms with Crippen molar-refractivity contribution in [1.82, 2.24) is 5.15 Å². The van der Waals surface area contributed by atoms with Gasteiger partial charge in [0.05, 0.1) is 0 Å². The topological polar surface area (TPSA) is 64.3 Å². The molecule has 0 heterocycles. The van der Waals surface area contributed by atoms with Crippen molar-refractivity contribution in [3.05, 3.63) is 0 Å². The van der Waals surface area contributed by atoms with E-state index in [0.717, 1.165) is 0 Å². The lowest BCUT2D eigenvalue weighted by Gasteiger charge is -2.16. The molecule has 0 atom stereocenters. The van der Waals surface area contributed by atoms with E-state index in [1.54, 1.807) is 0 Å². The fraction of sp³-hybridized carbons (Fsp3) is 0.800. The van der Waals surface area contributed by atoms with Crippen molar-refractivity contribution in [3.63, 3.8) is 0 Å². The van der Waals surface area contributed by atoms with E-state index in [9.17, 15) is 4.79 Å². The Morgan fingerprint density at radius 2 is 2.10 bits per heavy atom. The minimum atomic E-state index is -0.767. The van der Waals surface area contributed by atoms with E-state index in [2.05, 4.69) is 30.8 Å². The Kier molecular flexibility index (Phi) is 3.38. The molecule has 0 aromatic carbocycles. The zero-order valence-corrected chi connectivity index (χ0v) is 8.02. The van der Waals surface area contributed by atoms with Crippen LogP contribution in [0.25, 0.3) is 0 Å². The predicted molar refractivity (Wildman–Crippen MR) is 42.1 cm³/mol. The molecule has 0 aliphatic carbocycles. The summed E-state index contributed by atoms with van der Waals surface area (Å²) in [6.45, 7) is 6.24. The molecule has 0 aliphatic heterocycles. The van der Waals surface area contributed by atoms with E-state index in [1.807, 2.05) is 0 Å². The average molecular weight is 162 g/mol. The van der Waals surface area contributed by atoms with Gasteiger partial charge in [-0.15, -0.1) is 0 Å². The summed E-state index contributed by atoms with van der Waals surface area (Å²) < 4.78 is 0. The maximum Gasteiger partial charge on any atom is 0.422 e. The Balaban J connectivity index is 3.29. The van der Waals surface area contributed by atoms with E-state index >= 15 is 0 Å². The van der Waals surface area contributed by atoms with Crippen LogP contribution in [0.5, 0.6) is 0 Å². The van der Waals surface area contributed by atoms with Gasteiger partial charge in [0, 0.05) is 0 Å². The number of hydrogen-bond acceptors (Lipinski definition) is 3. The summed E-state index contributed by atoms with van der Waals surface area (Å²) >= 11 is 0. The first-order valence-corrected chi connectivity index (χ1v) is 4.52. The van der Waals surface area contributed by atoms with Crippen LogP contribution in [0.3, 0.4) is 0 Å². The molecule has 0 aromatic rings. The van der Waals surface area contributed by atoms with Crippen LogP contribution in [0.2, 0.25) is 5.04 Å². The summed E-state index contributed by atoms with van der Waals surface area (Å²) in [7, 11) is -0.566. The molecule has 0 aliphatic rings. The molecule has 5 heteroatoms. The molecule has 0 unspecified atom stereocenters. The standard InChI is InChI=1S/C5H14N2O2Si/c1-5(2,3)10-7-9-4(6)8/h7H,10H2,1-3H3,(H2,6,8). The van der Waals surface area contributed by atoms with Gasteiger partial charge in [-0.2, -0.15) is 5.15 Å². The summed E-state index contributed by atoms with van der Waals surface area (Å²) in [5, 5.41) is 2.82. The van der Waals surface area contributed by atoms with Crippen molar-refractivity contribution >= 4 is 15.8 Å². The van der Waals surface area contributed by atoms with Gasteiger partial charge < -0.3 is 10.6 Å². The molecule has 0 saturated carbocycles. The van der Waals surface area contributed by atoms with Gasteiger partial charge in [0.25, 0.3) is 0 Å². The monoisotopic (exact) mass is 162 g/mol. The van der Waals surface area contributed by atoms with Crippen molar-refractivity contribution in [1.29, 1.82) is 0 Å². The van der Waals surface area contributed by atoms with Crippen LogP contribution in [0.15, 0.2) is 0 Å². The molecule has 0 radical (unpaired) electrons. The second kappa shape index (κ2) is 3.57. The minimum absolute atomic E-state index is 0.232. The molecule has 0 aromatic heterocycles. The second-order valence-electron chi connectivity index (χ2n) is 3.30. The van der Waals surface area contributed by atoms with Gasteiger partial charge in [0.15, 0.2) is 0 Å². The number of amides is 1. The maximum atomic E-state index is 10.0. The van der Waals surface area contributed by atoms with Crippen LogP contribution in [0, 0.1) is 0 Å². The van der Waals surface area contributed by atoms with Crippen molar-refractivity contribution in [2.75, 3.05) is 0 Å². The minimum Gasteiger partial charge on any atom is -0.362 e. The van der Waals surface area contributed by atoms with Gasteiger partial charge >= 0.3 is 6.09 Å². The highest BCUT2D eigenvalue weighted by Gasteiger charge is 2.11. The molecule has 4 nitrogen and oxygen atoms in total. The number of hydrogen-bond donors (Lipinski definition) is 2. The number of carbonyl (C=O) groups is 1. The van der Waals surface area contributed by atoms with Gasteiger partial charge in [-0.1, -0.05) is 20.8 Å². The SMILES string of the molecule is CC(C)(C)[SiH2]NOC(N)=O. The molecule has 60 valence electrons. The number of rotatable bonds is 2. The summed E-state index contributed by atoms with van der Waals surface area (Å²) in [4.78, 5) is 14.4. The van der Waals surface area contributed by atoms with Gasteiger partial charge in [0.1, 0.15) is 9.68 Å². The smallest absolute Gasteiger partial charge is 0.362 e. The first-order valence-electron chi connectivity index (χ1n) is 3.11. The Morgan fingerprint density at radius 3 is 2.40 bits per heavy atom. The van der Waals surface area contributed by atoms with Gasteiger partial charge in [-0.3, -0.25) is 0 Å². The first-order chi connectivity index (χ1) is 4.42. The first kappa shape index (κ1) is 9.45. The van der Waals surface area contributed by atoms with Gasteiger partial charge in [-0.25, -0.2) is 4.79 Å². The van der Waals surface area contributed by atoms with Crippen LogP contribution in [0.4, 0.5) is 4.79 Å². The zero-order valence-electron chi connectivity index (χ0n) is 6.60. The lowest BCUT2D eigenvalue weighted by molar-refractivity contribution is 0.133. The van der Waals surface area contributed by atoms with Crippen molar-refractivity contribution in [2.24, 2.45) is 5.73 Å². The molecule has 0 fully saturated rings. The van der Waals surface area contributed by atoms with E-state index in [1.165, 1.54) is 0 Å². The van der Waals surface area contributed by atoms with Gasteiger partial charge in [0.2, 0.25) is 0 Å². The second-order valence-corrected chi connectivity index (χ2v) is 6.07. The predicted octanol–water partition coefficient (Wildman–Crippen LogP) is -0.111. The lowest BCUT2D eigenvalue weighted by Crippen LogP contribution is -2.31. The molecule has 10 heavy (non-hydrogen) atoms. The van der Waals surface area contributed by atoms with Crippen molar-refractivity contribution < 1.29 is 9.63 Å². The third-order valence-electron chi connectivity index (χ3n) is 0.775. The van der Waals surface area contributed by atoms with Crippen LogP contribution in [-0.2, 0) is 4.84 Å². The van der Waals surface area contributed by atoms with E-state index in [-0.39, 0.29) is 5.04 Å². The van der Waals surface area contributed by atoms with Crippen LogP contribution in [0.1, 0.15) is 20.8 Å². The fourth-order valence-electron chi connectivity index (χ4n) is 0.324. The summed E-state index contributed by atoms with van der Waals surface area (Å²) in [6.07, 6.45) is -0.767. The summed E-state index contributed by atoms with van der Waals surface area (Å²) in [6, 6.07) is 0. The number of nitrogens with two attached hydrogens (primary N) is 1. The highest BCUT2D eigenvalue weighted by molar-refractivity contribution is 6.36. The quantitative estimate of drug-likeness (QED) is 0.440. The Hall–Kier alpha value is -0.553. The normalized spacial score (nSPS) is 12.3. The lowest BCUT2D eigenvalue weighted by atomic mass is 10.3. The largest absolute Gasteiger partial charge is 0.422 e. The average Bonchev–Trinajstić information content (AvgIpc) is 1.59. The molecule has 0 saturated heterocycles. The van der Waals surface area contributed by atoms with E-state index in [4.69, 9.17) is 5.73 Å². The Bertz CT molecular complexity index is 121. The summed E-state index contributed by atoms with van der Waals surface area (Å²) in [5.74, 6) is 0. The fourth-order valence-corrected chi connectivity index (χ4v) is 0.971. The molecule has 3 N–H and O–H groups in total. The number of primary amides is 1. The maximum absolute atomic E-state index is 10.0. The highest BCUT2D eigenvalue weighted by Crippen LogP contribution is 2.17. The van der Waals surface area contributed by atoms with Gasteiger partial charge in [-0.05, 0) is 5.04 Å². The van der Waals surface area contributed by atoms with Crippen molar-refractivity contribution in [3.8, 4) is 0 Å². The molecule has 0 bridgehead atoms. The number of carbonyl (C=O) groups excluding carboxylic acids is 1. The highest BCUT2D eigenvalue weighted by atomic mass is 28.2. The Labute approximate surface area is 63.0 Å². The molecule has 0 spiro atoms. The zero-order chi connectivity index (χ0) is 8.20. The van der Waals surface area contributed by atoms with Crippen molar-refractivity contribution in [2.45, 2.75) is 25.8 Å². The third kappa shape index (κ3) is 7.45. The molecular weight excluding hydrogens is 148 g/mol. The van der Waals surface area contributed by atoms with Crippen LogP contribution in [-0.4, -0.2) is 15.8 Å². The third-order valence-corrected chi connectivity index (χ3v) is 2.12. The molecular formula is C5H14N2O2Si. The Morgan fingerprint density at radius 1 is 1.60 bits per heavy atom. The molecule has 1 amide bonds. The molecule has 0 rings (SSSR count). The van der Waals surface area contributed by atoms with Crippen LogP contribution < -0.4 is 10.9 Å². The summed E-state index contributed by atoms with van der Waals surface area (Å²) in [5.41, 5.74) is 4.72. The van der Waals surface area contributed by atoms with E-state index < -0.39 is 15.8 Å². The van der Waals surface area contributed by atoms with E-state index in [0.29, 0.717) is 0 Å². The number of nitrogens with one attached hydrogen (secondary N) is 1. The van der Waals surface area contributed by atoms with Crippen LogP contribution >= 0.6 is 0 Å².